The molecule has 0 aliphatic carbocycles. The lowest BCUT2D eigenvalue weighted by atomic mass is 10.1. The Kier molecular flexibility index (Phi) is 6.26. The highest BCUT2D eigenvalue weighted by atomic mass is 32.2. The number of methoxy groups -OCH3 is 1. The fourth-order valence-electron chi connectivity index (χ4n) is 2.61. The van der Waals surface area contributed by atoms with Crippen LogP contribution in [0.25, 0.3) is 0 Å². The van der Waals surface area contributed by atoms with Gasteiger partial charge in [0.05, 0.1) is 17.7 Å². The number of carbonyl (C=O) groups excluding carboxylic acids is 1. The van der Waals surface area contributed by atoms with Crippen LogP contribution in [0.4, 0.5) is 5.69 Å². The molecular formula is C19H24N2O4S. The number of para-hydroxylation sites is 2. The van der Waals surface area contributed by atoms with Gasteiger partial charge < -0.3 is 9.64 Å². The molecule has 6 nitrogen and oxygen atoms in total. The second kappa shape index (κ2) is 8.23. The summed E-state index contributed by atoms with van der Waals surface area (Å²) in [5.41, 5.74) is 1.24. The molecule has 0 radical (unpaired) electrons. The second-order valence-electron chi connectivity index (χ2n) is 6.01. The van der Waals surface area contributed by atoms with Crippen molar-refractivity contribution >= 4 is 21.6 Å². The Morgan fingerprint density at radius 1 is 1.19 bits per heavy atom. The summed E-state index contributed by atoms with van der Waals surface area (Å²) in [5, 5.41) is 0. The van der Waals surface area contributed by atoms with Crippen LogP contribution in [0.1, 0.15) is 29.3 Å². The van der Waals surface area contributed by atoms with E-state index in [1.54, 1.807) is 55.3 Å². The summed E-state index contributed by atoms with van der Waals surface area (Å²) in [4.78, 5) is 14.1. The first-order valence-electron chi connectivity index (χ1n) is 8.32. The van der Waals surface area contributed by atoms with Crippen LogP contribution in [0.15, 0.2) is 47.4 Å². The number of nitrogens with one attached hydrogen (secondary N) is 1. The van der Waals surface area contributed by atoms with Crippen molar-refractivity contribution in [3.8, 4) is 5.75 Å². The van der Waals surface area contributed by atoms with Gasteiger partial charge in [-0.2, -0.15) is 0 Å². The number of rotatable bonds is 7. The van der Waals surface area contributed by atoms with E-state index in [0.717, 1.165) is 6.42 Å². The number of amides is 1. The van der Waals surface area contributed by atoms with Gasteiger partial charge in [0, 0.05) is 19.2 Å². The van der Waals surface area contributed by atoms with Crippen molar-refractivity contribution in [2.45, 2.75) is 25.2 Å². The van der Waals surface area contributed by atoms with Gasteiger partial charge in [0.25, 0.3) is 15.9 Å². The Morgan fingerprint density at radius 2 is 1.88 bits per heavy atom. The first-order chi connectivity index (χ1) is 12.3. The molecule has 1 N–H and O–H groups in total. The third kappa shape index (κ3) is 4.35. The average Bonchev–Trinajstić information content (AvgIpc) is 2.61. The van der Waals surface area contributed by atoms with Crippen molar-refractivity contribution < 1.29 is 17.9 Å². The molecule has 0 saturated carbocycles. The molecule has 140 valence electrons. The molecule has 2 rings (SSSR count). The summed E-state index contributed by atoms with van der Waals surface area (Å²) in [5.74, 6) is 0.212. The van der Waals surface area contributed by atoms with Gasteiger partial charge in [-0.1, -0.05) is 25.1 Å². The van der Waals surface area contributed by atoms with Gasteiger partial charge in [0.15, 0.2) is 0 Å². The normalized spacial score (nSPS) is 11.1. The summed E-state index contributed by atoms with van der Waals surface area (Å²) in [6.07, 6.45) is 0.828. The largest absolute Gasteiger partial charge is 0.495 e. The first kappa shape index (κ1) is 19.8. The van der Waals surface area contributed by atoms with Gasteiger partial charge in [0.2, 0.25) is 0 Å². The van der Waals surface area contributed by atoms with Crippen molar-refractivity contribution in [3.63, 3.8) is 0 Å². The zero-order chi connectivity index (χ0) is 19.3. The van der Waals surface area contributed by atoms with Crippen LogP contribution in [0.2, 0.25) is 0 Å². The molecule has 0 saturated heterocycles. The first-order valence-corrected chi connectivity index (χ1v) is 9.80. The minimum absolute atomic E-state index is 0.0687. The fraction of sp³-hybridized carbons (Fsp3) is 0.316. The maximum Gasteiger partial charge on any atom is 0.262 e. The average molecular weight is 376 g/mol. The molecule has 2 aromatic carbocycles. The van der Waals surface area contributed by atoms with Gasteiger partial charge in [-0.25, -0.2) is 8.42 Å². The van der Waals surface area contributed by atoms with Crippen molar-refractivity contribution in [1.82, 2.24) is 4.90 Å². The summed E-state index contributed by atoms with van der Waals surface area (Å²) in [6, 6.07) is 11.5. The number of nitrogens with zero attached hydrogens (tertiary/aromatic N) is 1. The minimum Gasteiger partial charge on any atom is -0.495 e. The molecule has 0 aliphatic rings. The number of anilines is 1. The van der Waals surface area contributed by atoms with Gasteiger partial charge in [-0.05, 0) is 43.2 Å². The van der Waals surface area contributed by atoms with Crippen LogP contribution in [0.3, 0.4) is 0 Å². The minimum atomic E-state index is -3.87. The van der Waals surface area contributed by atoms with Gasteiger partial charge in [-0.15, -0.1) is 0 Å². The van der Waals surface area contributed by atoms with Crippen molar-refractivity contribution in [1.29, 1.82) is 0 Å². The number of ether oxygens (including phenoxy) is 1. The van der Waals surface area contributed by atoms with E-state index in [1.807, 2.05) is 6.92 Å². The fourth-order valence-corrected chi connectivity index (χ4v) is 3.95. The maximum atomic E-state index is 12.9. The molecule has 7 heteroatoms. The molecule has 0 aromatic heterocycles. The van der Waals surface area contributed by atoms with Crippen LogP contribution in [-0.4, -0.2) is 39.9 Å². The predicted molar refractivity (Wildman–Crippen MR) is 102 cm³/mol. The standard InChI is InChI=1S/C19H24N2O4S/c1-5-12-21(3)19(22)15-11-10-14(2)18(13-15)26(23,24)20-16-8-6-7-9-17(16)25-4/h6-11,13,20H,5,12H2,1-4H3. The van der Waals surface area contributed by atoms with Crippen molar-refractivity contribution in [3.05, 3.63) is 53.6 Å². The number of benzene rings is 2. The number of carbonyl (C=O) groups is 1. The molecular weight excluding hydrogens is 352 g/mol. The zero-order valence-electron chi connectivity index (χ0n) is 15.4. The summed E-state index contributed by atoms with van der Waals surface area (Å²) < 4.78 is 33.5. The molecule has 0 atom stereocenters. The Bertz CT molecular complexity index is 894. The van der Waals surface area contributed by atoms with Crippen molar-refractivity contribution in [2.75, 3.05) is 25.4 Å². The lowest BCUT2D eigenvalue weighted by Crippen LogP contribution is -2.27. The molecule has 26 heavy (non-hydrogen) atoms. The van der Waals surface area contributed by atoms with E-state index in [9.17, 15) is 13.2 Å². The predicted octanol–water partition coefficient (Wildman–Crippen LogP) is 3.29. The SMILES string of the molecule is CCCN(C)C(=O)c1ccc(C)c(S(=O)(=O)Nc2ccccc2OC)c1. The topological polar surface area (TPSA) is 75.7 Å². The van der Waals surface area contributed by atoms with Crippen LogP contribution in [0, 0.1) is 6.92 Å². The van der Waals surface area contributed by atoms with Gasteiger partial charge >= 0.3 is 0 Å². The van der Waals surface area contributed by atoms with Gasteiger partial charge in [-0.3, -0.25) is 9.52 Å². The highest BCUT2D eigenvalue weighted by Gasteiger charge is 2.21. The molecule has 0 heterocycles. The van der Waals surface area contributed by atoms with Crippen LogP contribution < -0.4 is 9.46 Å². The molecule has 0 aliphatic heterocycles. The Balaban J connectivity index is 2.40. The Morgan fingerprint density at radius 3 is 2.54 bits per heavy atom. The highest BCUT2D eigenvalue weighted by Crippen LogP contribution is 2.27. The Labute approximate surface area is 154 Å². The van der Waals surface area contributed by atoms with Crippen molar-refractivity contribution in [2.24, 2.45) is 0 Å². The highest BCUT2D eigenvalue weighted by molar-refractivity contribution is 7.92. The number of hydrogen-bond acceptors (Lipinski definition) is 4. The molecule has 0 unspecified atom stereocenters. The second-order valence-corrected chi connectivity index (χ2v) is 7.66. The van der Waals surface area contributed by atoms with Crippen LogP contribution >= 0.6 is 0 Å². The maximum absolute atomic E-state index is 12.9. The van der Waals surface area contributed by atoms with E-state index < -0.39 is 10.0 Å². The smallest absolute Gasteiger partial charge is 0.262 e. The third-order valence-corrected chi connectivity index (χ3v) is 5.49. The quantitative estimate of drug-likeness (QED) is 0.805. The van der Waals surface area contributed by atoms with E-state index in [1.165, 1.54) is 13.2 Å². The van der Waals surface area contributed by atoms with E-state index in [4.69, 9.17) is 4.74 Å². The summed E-state index contributed by atoms with van der Waals surface area (Å²) in [7, 11) is -0.697. The van der Waals surface area contributed by atoms with E-state index >= 15 is 0 Å². The van der Waals surface area contributed by atoms with E-state index in [-0.39, 0.29) is 10.8 Å². The van der Waals surface area contributed by atoms with E-state index in [2.05, 4.69) is 4.72 Å². The van der Waals surface area contributed by atoms with E-state index in [0.29, 0.717) is 29.1 Å². The third-order valence-electron chi connectivity index (χ3n) is 3.98. The molecule has 0 fully saturated rings. The molecule has 2 aromatic rings. The number of sulfonamides is 1. The number of hydrogen-bond donors (Lipinski definition) is 1. The zero-order valence-corrected chi connectivity index (χ0v) is 16.3. The number of aryl methyl sites for hydroxylation is 1. The monoisotopic (exact) mass is 376 g/mol. The van der Waals surface area contributed by atoms with Crippen LogP contribution in [-0.2, 0) is 10.0 Å². The Hall–Kier alpha value is -2.54. The lowest BCUT2D eigenvalue weighted by Gasteiger charge is -2.18. The summed E-state index contributed by atoms with van der Waals surface area (Å²) >= 11 is 0. The molecule has 1 amide bonds. The van der Waals surface area contributed by atoms with Gasteiger partial charge in [0.1, 0.15) is 5.75 Å². The molecule has 0 spiro atoms. The summed E-state index contributed by atoms with van der Waals surface area (Å²) in [6.45, 7) is 4.28. The lowest BCUT2D eigenvalue weighted by molar-refractivity contribution is 0.0795. The van der Waals surface area contributed by atoms with Crippen LogP contribution in [0.5, 0.6) is 5.75 Å². The molecule has 0 bridgehead atoms.